The minimum atomic E-state index is -0.855. The van der Waals surface area contributed by atoms with E-state index in [2.05, 4.69) is 14.5 Å². The fourth-order valence-corrected chi connectivity index (χ4v) is 2.51. The predicted octanol–water partition coefficient (Wildman–Crippen LogP) is 1.68. The Labute approximate surface area is 115 Å². The number of nitrogens with zero attached hydrogens (tertiary/aromatic N) is 3. The summed E-state index contributed by atoms with van der Waals surface area (Å²) in [6.45, 7) is 3.07. The average Bonchev–Trinajstić information content (AvgIpc) is 2.89. The number of aromatic nitrogens is 2. The van der Waals surface area contributed by atoms with E-state index < -0.39 is 11.6 Å². The van der Waals surface area contributed by atoms with Crippen LogP contribution in [-0.2, 0) is 13.1 Å². The van der Waals surface area contributed by atoms with Crippen LogP contribution < -0.4 is 5.73 Å². The van der Waals surface area contributed by atoms with Crippen LogP contribution in [0.25, 0.3) is 0 Å². The van der Waals surface area contributed by atoms with E-state index in [0.29, 0.717) is 12.1 Å². The summed E-state index contributed by atoms with van der Waals surface area (Å²) in [6, 6.07) is 3.48. The molecule has 1 aromatic carbocycles. The monoisotopic (exact) mass is 278 g/mol. The van der Waals surface area contributed by atoms with Gasteiger partial charge in [0.2, 0.25) is 0 Å². The molecule has 0 saturated heterocycles. The minimum Gasteiger partial charge on any atom is -0.333 e. The van der Waals surface area contributed by atoms with Crippen LogP contribution in [0.15, 0.2) is 30.6 Å². The molecule has 1 aliphatic rings. The molecular formula is C14H16F2N4. The van der Waals surface area contributed by atoms with E-state index in [9.17, 15) is 8.78 Å². The largest absolute Gasteiger partial charge is 0.333 e. The summed E-state index contributed by atoms with van der Waals surface area (Å²) in [5, 5.41) is 0. The molecule has 0 fully saturated rings. The van der Waals surface area contributed by atoms with Crippen molar-refractivity contribution in [2.45, 2.75) is 19.1 Å². The first-order valence-electron chi connectivity index (χ1n) is 6.56. The van der Waals surface area contributed by atoms with E-state index in [4.69, 9.17) is 5.73 Å². The molecule has 2 heterocycles. The van der Waals surface area contributed by atoms with Crippen molar-refractivity contribution < 1.29 is 8.78 Å². The third kappa shape index (κ3) is 2.57. The highest BCUT2D eigenvalue weighted by molar-refractivity contribution is 5.21. The van der Waals surface area contributed by atoms with Crippen molar-refractivity contribution in [3.8, 4) is 0 Å². The van der Waals surface area contributed by atoms with Crippen molar-refractivity contribution in [1.29, 1.82) is 0 Å². The first kappa shape index (κ1) is 13.2. The molecule has 2 N–H and O–H groups in total. The van der Waals surface area contributed by atoms with Gasteiger partial charge in [-0.2, -0.15) is 0 Å². The number of fused-ring (bicyclic) bond motifs is 1. The summed E-state index contributed by atoms with van der Waals surface area (Å²) in [7, 11) is 0. The number of halogens is 2. The van der Waals surface area contributed by atoms with Gasteiger partial charge in [0.05, 0.1) is 6.54 Å². The maximum Gasteiger partial charge on any atom is 0.159 e. The number of hydrogen-bond donors (Lipinski definition) is 1. The number of benzene rings is 1. The molecule has 0 bridgehead atoms. The van der Waals surface area contributed by atoms with Crippen molar-refractivity contribution in [3.63, 3.8) is 0 Å². The van der Waals surface area contributed by atoms with Crippen molar-refractivity contribution in [3.05, 3.63) is 53.6 Å². The second kappa shape index (κ2) is 5.30. The Hall–Kier alpha value is -1.79. The first-order valence-corrected chi connectivity index (χ1v) is 6.56. The van der Waals surface area contributed by atoms with Gasteiger partial charge in [-0.3, -0.25) is 4.90 Å². The van der Waals surface area contributed by atoms with Gasteiger partial charge in [0.25, 0.3) is 0 Å². The highest BCUT2D eigenvalue weighted by atomic mass is 19.2. The van der Waals surface area contributed by atoms with E-state index in [0.717, 1.165) is 31.5 Å². The van der Waals surface area contributed by atoms with E-state index in [1.54, 1.807) is 6.20 Å². The molecule has 4 nitrogen and oxygen atoms in total. The summed E-state index contributed by atoms with van der Waals surface area (Å²) < 4.78 is 28.2. The van der Waals surface area contributed by atoms with Crippen LogP contribution in [0.4, 0.5) is 8.78 Å². The van der Waals surface area contributed by atoms with Gasteiger partial charge in [0.15, 0.2) is 11.6 Å². The molecule has 2 aromatic rings. The van der Waals surface area contributed by atoms with Crippen LogP contribution in [0.2, 0.25) is 0 Å². The molecule has 6 heteroatoms. The normalized spacial score (nSPS) is 16.9. The quantitative estimate of drug-likeness (QED) is 0.929. The molecule has 0 aliphatic carbocycles. The van der Waals surface area contributed by atoms with Crippen molar-refractivity contribution in [2.24, 2.45) is 5.73 Å². The lowest BCUT2D eigenvalue weighted by Gasteiger charge is -2.29. The molecule has 1 aromatic heterocycles. The minimum absolute atomic E-state index is 0.341. The number of imidazole rings is 1. The second-order valence-electron chi connectivity index (χ2n) is 5.05. The number of hydrogen-bond acceptors (Lipinski definition) is 3. The Bertz CT molecular complexity index is 611. The number of nitrogens with two attached hydrogens (primary N) is 1. The molecule has 0 amide bonds. The molecule has 3 rings (SSSR count). The molecular weight excluding hydrogens is 262 g/mol. The third-order valence-corrected chi connectivity index (χ3v) is 3.65. The Morgan fingerprint density at radius 1 is 1.25 bits per heavy atom. The average molecular weight is 278 g/mol. The van der Waals surface area contributed by atoms with Crippen LogP contribution in [0.5, 0.6) is 0 Å². The molecule has 0 saturated carbocycles. The fourth-order valence-electron chi connectivity index (χ4n) is 2.51. The van der Waals surface area contributed by atoms with Gasteiger partial charge < -0.3 is 10.3 Å². The van der Waals surface area contributed by atoms with E-state index in [1.807, 2.05) is 6.20 Å². The summed E-state index contributed by atoms with van der Waals surface area (Å²) in [5.41, 5.74) is 6.69. The van der Waals surface area contributed by atoms with Crippen LogP contribution in [0, 0.1) is 11.6 Å². The third-order valence-electron chi connectivity index (χ3n) is 3.65. The van der Waals surface area contributed by atoms with Crippen molar-refractivity contribution in [1.82, 2.24) is 14.5 Å². The van der Waals surface area contributed by atoms with Crippen LogP contribution in [0.1, 0.15) is 17.4 Å². The topological polar surface area (TPSA) is 47.1 Å². The van der Waals surface area contributed by atoms with Crippen LogP contribution in [0.3, 0.4) is 0 Å². The van der Waals surface area contributed by atoms with Gasteiger partial charge in [0, 0.05) is 38.1 Å². The highest BCUT2D eigenvalue weighted by Gasteiger charge is 2.19. The van der Waals surface area contributed by atoms with Gasteiger partial charge in [-0.05, 0) is 17.7 Å². The smallest absolute Gasteiger partial charge is 0.159 e. The Kier molecular flexibility index (Phi) is 3.50. The first-order chi connectivity index (χ1) is 9.63. The molecule has 1 aliphatic heterocycles. The molecule has 0 radical (unpaired) electrons. The fraction of sp³-hybridized carbons (Fsp3) is 0.357. The molecule has 1 unspecified atom stereocenters. The molecule has 1 atom stereocenters. The van der Waals surface area contributed by atoms with Gasteiger partial charge >= 0.3 is 0 Å². The van der Waals surface area contributed by atoms with E-state index >= 15 is 0 Å². The zero-order valence-electron chi connectivity index (χ0n) is 11.0. The Balaban J connectivity index is 1.67. The maximum absolute atomic E-state index is 13.2. The van der Waals surface area contributed by atoms with Gasteiger partial charge in [-0.1, -0.05) is 6.07 Å². The summed E-state index contributed by atoms with van der Waals surface area (Å²) >= 11 is 0. The summed E-state index contributed by atoms with van der Waals surface area (Å²) in [4.78, 5) is 6.46. The van der Waals surface area contributed by atoms with E-state index in [-0.39, 0.29) is 6.04 Å². The van der Waals surface area contributed by atoms with Crippen molar-refractivity contribution in [2.75, 3.05) is 13.1 Å². The Morgan fingerprint density at radius 3 is 2.90 bits per heavy atom. The summed E-state index contributed by atoms with van der Waals surface area (Å²) in [5.74, 6) is -0.693. The maximum atomic E-state index is 13.2. The zero-order valence-corrected chi connectivity index (χ0v) is 11.0. The van der Waals surface area contributed by atoms with Gasteiger partial charge in [0.1, 0.15) is 5.82 Å². The number of rotatable bonds is 3. The van der Waals surface area contributed by atoms with Gasteiger partial charge in [-0.15, -0.1) is 0 Å². The second-order valence-corrected chi connectivity index (χ2v) is 5.05. The highest BCUT2D eigenvalue weighted by Crippen LogP contribution is 2.18. The molecule has 106 valence electrons. The molecule has 0 spiro atoms. The van der Waals surface area contributed by atoms with Crippen LogP contribution in [-0.4, -0.2) is 27.5 Å². The van der Waals surface area contributed by atoms with Gasteiger partial charge in [-0.25, -0.2) is 13.8 Å². The predicted molar refractivity (Wildman–Crippen MR) is 70.8 cm³/mol. The molecule has 20 heavy (non-hydrogen) atoms. The standard InChI is InChI=1S/C14H16F2N4/c15-11-2-1-10(7-12(11)16)13(17)8-19-5-6-20-4-3-18-14(20)9-19/h1-4,7,13H,5-6,8-9,17H2. The zero-order chi connectivity index (χ0) is 14.1. The Morgan fingerprint density at radius 2 is 2.10 bits per heavy atom. The van der Waals surface area contributed by atoms with Crippen LogP contribution >= 0.6 is 0 Å². The SMILES string of the molecule is NC(CN1CCn2ccnc2C1)c1ccc(F)c(F)c1. The lowest BCUT2D eigenvalue weighted by molar-refractivity contribution is 0.205. The van der Waals surface area contributed by atoms with E-state index in [1.165, 1.54) is 12.1 Å². The lowest BCUT2D eigenvalue weighted by Crippen LogP contribution is -2.38. The lowest BCUT2D eigenvalue weighted by atomic mass is 10.1. The van der Waals surface area contributed by atoms with Crippen molar-refractivity contribution >= 4 is 0 Å². The summed E-state index contributed by atoms with van der Waals surface area (Å²) in [6.07, 6.45) is 3.75.